The van der Waals surface area contributed by atoms with Gasteiger partial charge < -0.3 is 10.6 Å². The Labute approximate surface area is 170 Å². The van der Waals surface area contributed by atoms with Crippen LogP contribution < -0.4 is 10.6 Å². The van der Waals surface area contributed by atoms with E-state index in [-0.39, 0.29) is 11.4 Å². The lowest BCUT2D eigenvalue weighted by Gasteiger charge is -2.22. The predicted molar refractivity (Wildman–Crippen MR) is 106 cm³/mol. The van der Waals surface area contributed by atoms with Gasteiger partial charge in [-0.2, -0.15) is 0 Å². The van der Waals surface area contributed by atoms with Crippen LogP contribution in [-0.2, 0) is 15.1 Å². The van der Waals surface area contributed by atoms with Crippen molar-refractivity contribution in [3.63, 3.8) is 0 Å². The summed E-state index contributed by atoms with van der Waals surface area (Å²) in [5.41, 5.74) is -0.610. The molecule has 2 aromatic carbocycles. The molecule has 0 unspecified atom stereocenters. The van der Waals surface area contributed by atoms with Crippen LogP contribution in [0.4, 0.5) is 16.2 Å². The van der Waals surface area contributed by atoms with Crippen molar-refractivity contribution in [1.82, 2.24) is 10.2 Å². The van der Waals surface area contributed by atoms with Crippen LogP contribution in [0, 0.1) is 17.0 Å². The molecule has 1 atom stereocenters. The van der Waals surface area contributed by atoms with Gasteiger partial charge in [-0.05, 0) is 37.1 Å². The minimum atomic E-state index is -1.35. The minimum Gasteiger partial charge on any atom is -0.319 e. The number of hydrogen-bond donors (Lipinski definition) is 2. The van der Waals surface area contributed by atoms with Crippen molar-refractivity contribution in [1.29, 1.82) is 0 Å². The molecule has 1 saturated heterocycles. The molecule has 150 valence electrons. The van der Waals surface area contributed by atoms with Crippen LogP contribution in [0.25, 0.3) is 0 Å². The number of amides is 4. The van der Waals surface area contributed by atoms with E-state index >= 15 is 0 Å². The van der Waals surface area contributed by atoms with Gasteiger partial charge in [-0.3, -0.25) is 24.6 Å². The van der Waals surface area contributed by atoms with E-state index in [1.54, 1.807) is 37.3 Å². The lowest BCUT2D eigenvalue weighted by atomic mass is 9.92. The molecule has 0 bridgehead atoms. The van der Waals surface area contributed by atoms with Crippen LogP contribution in [0.5, 0.6) is 0 Å². The standard InChI is InChI=1S/C19H17ClN4O5/c1-11-4-3-5-14(24(28)29)16(11)21-15(25)10-23-17(26)19(2,22-18(23)27)12-6-8-13(20)9-7-12/h3-9H,10H2,1-2H3,(H,21,25)(H,22,27)/t19-/m0/s1. The zero-order valence-electron chi connectivity index (χ0n) is 15.6. The number of anilines is 1. The second-order valence-corrected chi connectivity index (χ2v) is 7.16. The van der Waals surface area contributed by atoms with E-state index in [2.05, 4.69) is 10.6 Å². The topological polar surface area (TPSA) is 122 Å². The zero-order chi connectivity index (χ0) is 21.3. The van der Waals surface area contributed by atoms with Gasteiger partial charge in [0.15, 0.2) is 0 Å². The molecule has 0 aliphatic carbocycles. The molecule has 2 aromatic rings. The summed E-state index contributed by atoms with van der Waals surface area (Å²) in [6.45, 7) is 2.55. The Kier molecular flexibility index (Phi) is 5.25. The highest BCUT2D eigenvalue weighted by Gasteiger charge is 2.49. The summed E-state index contributed by atoms with van der Waals surface area (Å²) in [6, 6.07) is 10.0. The molecule has 1 fully saturated rings. The molecule has 9 nitrogen and oxygen atoms in total. The molecule has 0 spiro atoms. The molecule has 0 saturated carbocycles. The number of nitrogens with one attached hydrogen (secondary N) is 2. The average molecular weight is 417 g/mol. The van der Waals surface area contributed by atoms with Crippen molar-refractivity contribution in [3.8, 4) is 0 Å². The predicted octanol–water partition coefficient (Wildman–Crippen LogP) is 2.96. The van der Waals surface area contributed by atoms with Gasteiger partial charge in [0.25, 0.3) is 11.6 Å². The number of nitro groups is 1. The first-order valence-electron chi connectivity index (χ1n) is 8.57. The SMILES string of the molecule is Cc1cccc([N+](=O)[O-])c1NC(=O)CN1C(=O)N[C@@](C)(c2ccc(Cl)cc2)C1=O. The van der Waals surface area contributed by atoms with Gasteiger partial charge >= 0.3 is 6.03 Å². The maximum Gasteiger partial charge on any atom is 0.325 e. The highest BCUT2D eigenvalue weighted by Crippen LogP contribution is 2.30. The van der Waals surface area contributed by atoms with E-state index in [1.165, 1.54) is 19.1 Å². The fraction of sp³-hybridized carbons (Fsp3) is 0.211. The summed E-state index contributed by atoms with van der Waals surface area (Å²) in [6.07, 6.45) is 0. The van der Waals surface area contributed by atoms with E-state index in [0.717, 1.165) is 4.90 Å². The lowest BCUT2D eigenvalue weighted by molar-refractivity contribution is -0.384. The molecule has 0 radical (unpaired) electrons. The maximum absolute atomic E-state index is 12.9. The van der Waals surface area contributed by atoms with Crippen molar-refractivity contribution in [2.24, 2.45) is 0 Å². The average Bonchev–Trinajstić information content (AvgIpc) is 2.87. The van der Waals surface area contributed by atoms with Gasteiger partial charge in [0, 0.05) is 11.1 Å². The molecular weight excluding hydrogens is 400 g/mol. The van der Waals surface area contributed by atoms with Crippen LogP contribution in [0.3, 0.4) is 0 Å². The summed E-state index contributed by atoms with van der Waals surface area (Å²) in [5.74, 6) is -1.34. The van der Waals surface area contributed by atoms with Gasteiger partial charge in [-0.15, -0.1) is 0 Å². The van der Waals surface area contributed by atoms with Crippen LogP contribution in [0.2, 0.25) is 5.02 Å². The largest absolute Gasteiger partial charge is 0.325 e. The Bertz CT molecular complexity index is 1020. The number of carbonyl (C=O) groups is 3. The monoisotopic (exact) mass is 416 g/mol. The first kappa shape index (κ1) is 20.3. The van der Waals surface area contributed by atoms with E-state index in [0.29, 0.717) is 16.1 Å². The normalized spacial score (nSPS) is 18.5. The summed E-state index contributed by atoms with van der Waals surface area (Å²) >= 11 is 5.87. The highest BCUT2D eigenvalue weighted by atomic mass is 35.5. The number of para-hydroxylation sites is 1. The van der Waals surface area contributed by atoms with Gasteiger partial charge in [0.05, 0.1) is 4.92 Å². The number of halogens is 1. The lowest BCUT2D eigenvalue weighted by Crippen LogP contribution is -2.42. The Hall–Kier alpha value is -3.46. The van der Waals surface area contributed by atoms with Crippen LogP contribution in [0.1, 0.15) is 18.1 Å². The molecule has 29 heavy (non-hydrogen) atoms. The Morgan fingerprint density at radius 1 is 1.24 bits per heavy atom. The summed E-state index contributed by atoms with van der Waals surface area (Å²) < 4.78 is 0. The molecule has 3 rings (SSSR count). The van der Waals surface area contributed by atoms with Crippen LogP contribution in [-0.4, -0.2) is 34.2 Å². The van der Waals surface area contributed by atoms with E-state index in [9.17, 15) is 24.5 Å². The second kappa shape index (κ2) is 7.51. The summed E-state index contributed by atoms with van der Waals surface area (Å²) in [7, 11) is 0. The number of nitrogens with zero attached hydrogens (tertiary/aromatic N) is 2. The number of carbonyl (C=O) groups excluding carboxylic acids is 3. The number of urea groups is 1. The van der Waals surface area contributed by atoms with Crippen molar-refractivity contribution in [3.05, 3.63) is 68.7 Å². The number of hydrogen-bond acceptors (Lipinski definition) is 5. The fourth-order valence-corrected chi connectivity index (χ4v) is 3.24. The highest BCUT2D eigenvalue weighted by molar-refractivity contribution is 6.30. The third-order valence-electron chi connectivity index (χ3n) is 4.71. The minimum absolute atomic E-state index is 0.0232. The molecule has 1 aliphatic heterocycles. The Balaban J connectivity index is 1.80. The summed E-state index contributed by atoms with van der Waals surface area (Å²) in [5, 5.41) is 16.7. The van der Waals surface area contributed by atoms with Crippen molar-refractivity contribution in [2.45, 2.75) is 19.4 Å². The van der Waals surface area contributed by atoms with E-state index in [4.69, 9.17) is 11.6 Å². The van der Waals surface area contributed by atoms with E-state index < -0.39 is 34.9 Å². The number of aryl methyl sites for hydroxylation is 1. The molecule has 0 aromatic heterocycles. The summed E-state index contributed by atoms with van der Waals surface area (Å²) in [4.78, 5) is 49.0. The molecular formula is C19H17ClN4O5. The smallest absolute Gasteiger partial charge is 0.319 e. The number of nitro benzene ring substituents is 1. The first-order chi connectivity index (χ1) is 13.6. The molecule has 10 heteroatoms. The molecule has 1 heterocycles. The second-order valence-electron chi connectivity index (χ2n) is 6.73. The first-order valence-corrected chi connectivity index (χ1v) is 8.95. The van der Waals surface area contributed by atoms with Gasteiger partial charge in [-0.25, -0.2) is 4.79 Å². The van der Waals surface area contributed by atoms with Crippen molar-refractivity contribution < 1.29 is 19.3 Å². The van der Waals surface area contributed by atoms with Crippen LogP contribution in [0.15, 0.2) is 42.5 Å². The zero-order valence-corrected chi connectivity index (χ0v) is 16.3. The third-order valence-corrected chi connectivity index (χ3v) is 4.96. The van der Waals surface area contributed by atoms with Crippen LogP contribution >= 0.6 is 11.6 Å². The fourth-order valence-electron chi connectivity index (χ4n) is 3.11. The molecule has 4 amide bonds. The maximum atomic E-state index is 12.9. The Morgan fingerprint density at radius 2 is 1.90 bits per heavy atom. The van der Waals surface area contributed by atoms with Crippen molar-refractivity contribution in [2.75, 3.05) is 11.9 Å². The Morgan fingerprint density at radius 3 is 2.52 bits per heavy atom. The van der Waals surface area contributed by atoms with Gasteiger partial charge in [-0.1, -0.05) is 35.9 Å². The number of benzene rings is 2. The van der Waals surface area contributed by atoms with Gasteiger partial charge in [0.1, 0.15) is 17.8 Å². The number of imide groups is 1. The quantitative estimate of drug-likeness (QED) is 0.441. The third kappa shape index (κ3) is 3.77. The molecule has 2 N–H and O–H groups in total. The number of rotatable bonds is 5. The molecule has 1 aliphatic rings. The van der Waals surface area contributed by atoms with Crippen molar-refractivity contribution >= 4 is 40.8 Å². The van der Waals surface area contributed by atoms with Gasteiger partial charge in [0.2, 0.25) is 5.91 Å². The van der Waals surface area contributed by atoms with E-state index in [1.807, 2.05) is 0 Å².